The van der Waals surface area contributed by atoms with Crippen molar-refractivity contribution in [3.8, 4) is 0 Å². The SMILES string of the molecule is NC(=O)C[C@@H](NC(=O)Nc1ccccc1)C(=O)O. The molecule has 0 unspecified atom stereocenters. The van der Waals surface area contributed by atoms with Gasteiger partial charge in [0.15, 0.2) is 0 Å². The van der Waals surface area contributed by atoms with Crippen molar-refractivity contribution in [1.29, 1.82) is 0 Å². The van der Waals surface area contributed by atoms with Crippen LogP contribution in [0, 0.1) is 0 Å². The van der Waals surface area contributed by atoms with Gasteiger partial charge in [0.05, 0.1) is 6.42 Å². The van der Waals surface area contributed by atoms with Crippen molar-refractivity contribution in [1.82, 2.24) is 5.32 Å². The second kappa shape index (κ2) is 6.24. The number of rotatable bonds is 5. The number of para-hydroxylation sites is 1. The molecule has 96 valence electrons. The molecule has 0 heterocycles. The standard InChI is InChI=1S/C11H13N3O4/c12-9(15)6-8(10(16)17)14-11(18)13-7-4-2-1-3-5-7/h1-5,8H,6H2,(H2,12,15)(H,16,17)(H2,13,14,18)/t8-/m1/s1. The summed E-state index contributed by atoms with van der Waals surface area (Å²) in [7, 11) is 0. The molecule has 0 aliphatic heterocycles. The Balaban J connectivity index is 2.56. The van der Waals surface area contributed by atoms with Crippen LogP contribution in [0.2, 0.25) is 0 Å². The van der Waals surface area contributed by atoms with E-state index in [1.54, 1.807) is 30.3 Å². The van der Waals surface area contributed by atoms with Crippen LogP contribution in [0.4, 0.5) is 10.5 Å². The quantitative estimate of drug-likeness (QED) is 0.594. The molecule has 0 aliphatic rings. The number of nitrogens with one attached hydrogen (secondary N) is 2. The summed E-state index contributed by atoms with van der Waals surface area (Å²) < 4.78 is 0. The zero-order valence-corrected chi connectivity index (χ0v) is 9.42. The molecule has 18 heavy (non-hydrogen) atoms. The van der Waals surface area contributed by atoms with Gasteiger partial charge in [0.1, 0.15) is 6.04 Å². The number of hydrogen-bond donors (Lipinski definition) is 4. The summed E-state index contributed by atoms with van der Waals surface area (Å²) in [6, 6.07) is 6.44. The second-order valence-corrected chi connectivity index (χ2v) is 3.53. The predicted molar refractivity (Wildman–Crippen MR) is 63.8 cm³/mol. The average molecular weight is 251 g/mol. The molecule has 0 fully saturated rings. The number of carboxylic acids is 1. The number of anilines is 1. The number of carbonyl (C=O) groups excluding carboxylic acids is 2. The number of aliphatic carboxylic acids is 1. The van der Waals surface area contributed by atoms with Gasteiger partial charge in [0.25, 0.3) is 0 Å². The lowest BCUT2D eigenvalue weighted by Crippen LogP contribution is -2.45. The fourth-order valence-electron chi connectivity index (χ4n) is 1.25. The van der Waals surface area contributed by atoms with Crippen molar-refractivity contribution in [2.24, 2.45) is 5.73 Å². The summed E-state index contributed by atoms with van der Waals surface area (Å²) in [4.78, 5) is 32.9. The number of carboxylic acid groups (broad SMARTS) is 1. The Morgan fingerprint density at radius 3 is 2.33 bits per heavy atom. The third-order valence-corrected chi connectivity index (χ3v) is 2.04. The van der Waals surface area contributed by atoms with Gasteiger partial charge in [-0.05, 0) is 12.1 Å². The van der Waals surface area contributed by atoms with Crippen molar-refractivity contribution < 1.29 is 19.5 Å². The van der Waals surface area contributed by atoms with E-state index in [-0.39, 0.29) is 0 Å². The first-order valence-corrected chi connectivity index (χ1v) is 5.12. The first kappa shape index (κ1) is 13.5. The molecule has 5 N–H and O–H groups in total. The smallest absolute Gasteiger partial charge is 0.326 e. The molecule has 0 aliphatic carbocycles. The number of hydrogen-bond acceptors (Lipinski definition) is 3. The van der Waals surface area contributed by atoms with Crippen molar-refractivity contribution >= 4 is 23.6 Å². The Hall–Kier alpha value is -2.57. The molecule has 0 saturated heterocycles. The van der Waals surface area contributed by atoms with E-state index in [1.807, 2.05) is 0 Å². The van der Waals surface area contributed by atoms with Crippen LogP contribution in [0.5, 0.6) is 0 Å². The van der Waals surface area contributed by atoms with E-state index in [0.29, 0.717) is 5.69 Å². The topological polar surface area (TPSA) is 122 Å². The lowest BCUT2D eigenvalue weighted by molar-refractivity contribution is -0.140. The van der Waals surface area contributed by atoms with E-state index in [4.69, 9.17) is 10.8 Å². The van der Waals surface area contributed by atoms with Gasteiger partial charge in [-0.25, -0.2) is 9.59 Å². The molecule has 1 rings (SSSR count). The highest BCUT2D eigenvalue weighted by molar-refractivity contribution is 5.93. The molecule has 1 aromatic rings. The molecule has 0 spiro atoms. The molecule has 3 amide bonds. The minimum absolute atomic E-state index is 0.461. The van der Waals surface area contributed by atoms with Crippen LogP contribution >= 0.6 is 0 Å². The van der Waals surface area contributed by atoms with Gasteiger partial charge in [0, 0.05) is 5.69 Å². The summed E-state index contributed by atoms with van der Waals surface area (Å²) in [5.74, 6) is -2.13. The largest absolute Gasteiger partial charge is 0.480 e. The maximum atomic E-state index is 11.5. The number of primary amides is 1. The predicted octanol–water partition coefficient (Wildman–Crippen LogP) is 0.137. The number of benzene rings is 1. The van der Waals surface area contributed by atoms with Gasteiger partial charge < -0.3 is 21.5 Å². The molecular formula is C11H13N3O4. The van der Waals surface area contributed by atoms with E-state index >= 15 is 0 Å². The van der Waals surface area contributed by atoms with Crippen molar-refractivity contribution in [2.75, 3.05) is 5.32 Å². The highest BCUT2D eigenvalue weighted by Crippen LogP contribution is 2.04. The lowest BCUT2D eigenvalue weighted by atomic mass is 10.2. The van der Waals surface area contributed by atoms with Crippen LogP contribution in [0.15, 0.2) is 30.3 Å². The molecule has 0 aromatic heterocycles. The Morgan fingerprint density at radius 1 is 1.22 bits per heavy atom. The van der Waals surface area contributed by atoms with E-state index in [2.05, 4.69) is 10.6 Å². The third kappa shape index (κ3) is 4.52. The molecule has 1 atom stereocenters. The molecule has 0 bridgehead atoms. The second-order valence-electron chi connectivity index (χ2n) is 3.53. The minimum atomic E-state index is -1.34. The summed E-state index contributed by atoms with van der Waals surface area (Å²) in [5, 5.41) is 13.4. The number of nitrogens with two attached hydrogens (primary N) is 1. The van der Waals surface area contributed by atoms with E-state index < -0.39 is 30.4 Å². The van der Waals surface area contributed by atoms with Crippen molar-refractivity contribution in [3.63, 3.8) is 0 Å². The minimum Gasteiger partial charge on any atom is -0.480 e. The van der Waals surface area contributed by atoms with Gasteiger partial charge >= 0.3 is 12.0 Å². The van der Waals surface area contributed by atoms with Crippen LogP contribution < -0.4 is 16.4 Å². The molecule has 0 radical (unpaired) electrons. The maximum absolute atomic E-state index is 11.5. The molecular weight excluding hydrogens is 238 g/mol. The normalized spacial score (nSPS) is 11.3. The van der Waals surface area contributed by atoms with Crippen molar-refractivity contribution in [2.45, 2.75) is 12.5 Å². The lowest BCUT2D eigenvalue weighted by Gasteiger charge is -2.13. The fourth-order valence-corrected chi connectivity index (χ4v) is 1.25. The van der Waals surface area contributed by atoms with Gasteiger partial charge in [-0.1, -0.05) is 18.2 Å². The first-order valence-electron chi connectivity index (χ1n) is 5.12. The van der Waals surface area contributed by atoms with E-state index in [1.165, 1.54) is 0 Å². The van der Waals surface area contributed by atoms with Gasteiger partial charge in [-0.3, -0.25) is 4.79 Å². The highest BCUT2D eigenvalue weighted by Gasteiger charge is 2.21. The van der Waals surface area contributed by atoms with Crippen LogP contribution in [0.1, 0.15) is 6.42 Å². The molecule has 7 nitrogen and oxygen atoms in total. The Bertz CT molecular complexity index is 447. The third-order valence-electron chi connectivity index (χ3n) is 2.04. The van der Waals surface area contributed by atoms with Gasteiger partial charge in [0.2, 0.25) is 5.91 Å². The highest BCUT2D eigenvalue weighted by atomic mass is 16.4. The van der Waals surface area contributed by atoms with E-state index in [0.717, 1.165) is 0 Å². The average Bonchev–Trinajstić information content (AvgIpc) is 2.28. The van der Waals surface area contributed by atoms with Gasteiger partial charge in [-0.15, -0.1) is 0 Å². The van der Waals surface area contributed by atoms with Crippen molar-refractivity contribution in [3.05, 3.63) is 30.3 Å². The number of urea groups is 1. The number of amides is 3. The number of carbonyl (C=O) groups is 3. The zero-order chi connectivity index (χ0) is 13.5. The maximum Gasteiger partial charge on any atom is 0.326 e. The monoisotopic (exact) mass is 251 g/mol. The zero-order valence-electron chi connectivity index (χ0n) is 9.42. The Morgan fingerprint density at radius 2 is 1.83 bits per heavy atom. The summed E-state index contributed by atoms with van der Waals surface area (Å²) in [6.45, 7) is 0. The summed E-state index contributed by atoms with van der Waals surface area (Å²) >= 11 is 0. The van der Waals surface area contributed by atoms with Crippen LogP contribution in [-0.2, 0) is 9.59 Å². The molecule has 0 saturated carbocycles. The van der Waals surface area contributed by atoms with E-state index in [9.17, 15) is 14.4 Å². The van der Waals surface area contributed by atoms with Crippen LogP contribution in [0.25, 0.3) is 0 Å². The van der Waals surface area contributed by atoms with Crippen LogP contribution in [-0.4, -0.2) is 29.1 Å². The summed E-state index contributed by atoms with van der Waals surface area (Å²) in [6.07, 6.45) is -0.461. The summed E-state index contributed by atoms with van der Waals surface area (Å²) in [5.41, 5.74) is 5.40. The molecule has 7 heteroatoms. The van der Waals surface area contributed by atoms with Gasteiger partial charge in [-0.2, -0.15) is 0 Å². The first-order chi connectivity index (χ1) is 8.49. The molecule has 1 aromatic carbocycles. The fraction of sp³-hybridized carbons (Fsp3) is 0.182. The Labute approximate surface area is 103 Å². The Kier molecular flexibility index (Phi) is 4.67. The van der Waals surface area contributed by atoms with Crippen LogP contribution in [0.3, 0.4) is 0 Å².